The lowest BCUT2D eigenvalue weighted by Crippen LogP contribution is -2.63. The van der Waals surface area contributed by atoms with Crippen LogP contribution in [0.25, 0.3) is 0 Å². The fraction of sp³-hybridized carbons (Fsp3) is 0.581. The molecule has 4 aliphatic rings. The van der Waals surface area contributed by atoms with Crippen LogP contribution in [0.15, 0.2) is 36.4 Å². The van der Waals surface area contributed by atoms with Gasteiger partial charge in [-0.1, -0.05) is 18.9 Å². The van der Waals surface area contributed by atoms with Gasteiger partial charge in [0, 0.05) is 41.2 Å². The van der Waals surface area contributed by atoms with Gasteiger partial charge in [0.25, 0.3) is 5.91 Å². The first kappa shape index (κ1) is 23.8. The minimum atomic E-state index is -0.0126. The number of likely N-dealkylation sites (tertiary alicyclic amines) is 1. The van der Waals surface area contributed by atoms with Crippen molar-refractivity contribution in [2.75, 3.05) is 20.8 Å². The smallest absolute Gasteiger partial charge is 0.251 e. The van der Waals surface area contributed by atoms with E-state index >= 15 is 0 Å². The lowest BCUT2D eigenvalue weighted by Gasteiger charge is -2.60. The monoisotopic (exact) mass is 488 g/mol. The minimum Gasteiger partial charge on any atom is -0.497 e. The van der Waals surface area contributed by atoms with Gasteiger partial charge in [0.05, 0.1) is 14.2 Å². The van der Waals surface area contributed by atoms with Crippen molar-refractivity contribution in [1.82, 2.24) is 10.2 Å². The molecule has 192 valence electrons. The first-order valence-electron chi connectivity index (χ1n) is 13.9. The second-order valence-corrected chi connectivity index (χ2v) is 11.6. The molecule has 2 bridgehead atoms. The van der Waals surface area contributed by atoms with Crippen molar-refractivity contribution < 1.29 is 14.3 Å². The molecule has 1 saturated heterocycles. The molecule has 2 aromatic carbocycles. The fourth-order valence-corrected chi connectivity index (χ4v) is 7.81. The molecule has 3 fully saturated rings. The first-order valence-corrected chi connectivity index (χ1v) is 13.9. The third kappa shape index (κ3) is 4.00. The number of hydrogen-bond acceptors (Lipinski definition) is 4. The Kier molecular flexibility index (Phi) is 6.23. The van der Waals surface area contributed by atoms with Crippen LogP contribution in [0.1, 0.15) is 78.9 Å². The van der Waals surface area contributed by atoms with Gasteiger partial charge in [-0.2, -0.15) is 0 Å². The Labute approximate surface area is 215 Å². The summed E-state index contributed by atoms with van der Waals surface area (Å²) in [6.07, 6.45) is 10.5. The van der Waals surface area contributed by atoms with Gasteiger partial charge in [0.1, 0.15) is 11.5 Å². The standard InChI is InChI=1S/C31H40N2O3/c1-20(21-7-8-21)33-15-14-31-13-5-4-6-26(31)28(33)17-22-9-10-23(16-27(22)31)30(34)32-19-24-11-12-25(35-2)18-29(24)36-3/h9-12,16,18,20-21,26,28H,4-8,13-15,17,19H2,1-3H3,(H,32,34)/t20?,26?,28-,31-/m1/s1. The molecule has 2 saturated carbocycles. The summed E-state index contributed by atoms with van der Waals surface area (Å²) in [6.45, 7) is 4.12. The van der Waals surface area contributed by atoms with Gasteiger partial charge in [0.2, 0.25) is 0 Å². The highest BCUT2D eigenvalue weighted by molar-refractivity contribution is 5.94. The third-order valence-corrected chi connectivity index (χ3v) is 9.90. The summed E-state index contributed by atoms with van der Waals surface area (Å²) in [4.78, 5) is 16.2. The van der Waals surface area contributed by atoms with Crippen molar-refractivity contribution in [3.63, 3.8) is 0 Å². The van der Waals surface area contributed by atoms with E-state index in [2.05, 4.69) is 29.3 Å². The Bertz CT molecular complexity index is 1140. The van der Waals surface area contributed by atoms with Crippen molar-refractivity contribution in [1.29, 1.82) is 0 Å². The fourth-order valence-electron chi connectivity index (χ4n) is 7.81. The number of carbonyl (C=O) groups excluding carboxylic acids is 1. The maximum atomic E-state index is 13.3. The van der Waals surface area contributed by atoms with Crippen LogP contribution >= 0.6 is 0 Å². The normalized spacial score (nSPS) is 28.0. The van der Waals surface area contributed by atoms with Crippen LogP contribution in [-0.2, 0) is 18.4 Å². The predicted octanol–water partition coefficient (Wildman–Crippen LogP) is 5.49. The van der Waals surface area contributed by atoms with E-state index in [1.54, 1.807) is 14.2 Å². The number of nitrogens with zero attached hydrogens (tertiary/aromatic N) is 1. The molecular weight excluding hydrogens is 448 g/mol. The molecule has 4 atom stereocenters. The summed E-state index contributed by atoms with van der Waals surface area (Å²) < 4.78 is 10.8. The lowest BCUT2D eigenvalue weighted by atomic mass is 9.52. The SMILES string of the molecule is COc1ccc(CNC(=O)c2ccc3c(c2)[C@@]24CCCCC2[C@@H](C3)N(C(C)C2CC2)CC4)c(OC)c1. The molecule has 1 N–H and O–H groups in total. The lowest BCUT2D eigenvalue weighted by molar-refractivity contribution is -0.0343. The van der Waals surface area contributed by atoms with Crippen molar-refractivity contribution in [3.05, 3.63) is 58.7 Å². The zero-order valence-corrected chi connectivity index (χ0v) is 22.0. The quantitative estimate of drug-likeness (QED) is 0.560. The van der Waals surface area contributed by atoms with E-state index in [9.17, 15) is 4.79 Å². The zero-order valence-electron chi connectivity index (χ0n) is 22.0. The van der Waals surface area contributed by atoms with E-state index in [1.165, 1.54) is 62.6 Å². The molecule has 1 heterocycles. The molecular formula is C31H40N2O3. The summed E-state index contributed by atoms with van der Waals surface area (Å²) in [5.41, 5.74) is 4.95. The second kappa shape index (κ2) is 9.41. The van der Waals surface area contributed by atoms with Crippen molar-refractivity contribution in [2.24, 2.45) is 11.8 Å². The zero-order chi connectivity index (χ0) is 24.9. The number of ether oxygens (including phenoxy) is 2. The predicted molar refractivity (Wildman–Crippen MR) is 142 cm³/mol. The molecule has 6 rings (SSSR count). The highest BCUT2D eigenvalue weighted by atomic mass is 16.5. The number of benzene rings is 2. The molecule has 0 radical (unpaired) electrons. The molecule has 3 aliphatic carbocycles. The molecule has 2 aromatic rings. The van der Waals surface area contributed by atoms with Crippen LogP contribution < -0.4 is 14.8 Å². The number of carbonyl (C=O) groups is 1. The first-order chi connectivity index (χ1) is 17.5. The van der Waals surface area contributed by atoms with E-state index in [-0.39, 0.29) is 11.3 Å². The van der Waals surface area contributed by atoms with Gasteiger partial charge in [-0.05, 0) is 99.2 Å². The van der Waals surface area contributed by atoms with E-state index in [1.807, 2.05) is 24.3 Å². The van der Waals surface area contributed by atoms with Gasteiger partial charge >= 0.3 is 0 Å². The van der Waals surface area contributed by atoms with Crippen molar-refractivity contribution in [2.45, 2.75) is 82.3 Å². The summed E-state index contributed by atoms with van der Waals surface area (Å²) >= 11 is 0. The largest absolute Gasteiger partial charge is 0.497 e. The number of hydrogen-bond donors (Lipinski definition) is 1. The number of rotatable bonds is 7. The molecule has 5 nitrogen and oxygen atoms in total. The van der Waals surface area contributed by atoms with Gasteiger partial charge in [-0.3, -0.25) is 9.69 Å². The average molecular weight is 489 g/mol. The maximum Gasteiger partial charge on any atom is 0.251 e. The van der Waals surface area contributed by atoms with Gasteiger partial charge in [0.15, 0.2) is 0 Å². The molecule has 0 spiro atoms. The number of fused-ring (bicyclic) bond motifs is 1. The van der Waals surface area contributed by atoms with Crippen LogP contribution in [-0.4, -0.2) is 43.7 Å². The molecule has 0 aromatic heterocycles. The minimum absolute atomic E-state index is 0.0126. The molecule has 5 heteroatoms. The Hall–Kier alpha value is -2.53. The Morgan fingerprint density at radius 3 is 2.72 bits per heavy atom. The van der Waals surface area contributed by atoms with Crippen LogP contribution in [0, 0.1) is 11.8 Å². The van der Waals surface area contributed by atoms with E-state index in [4.69, 9.17) is 9.47 Å². The van der Waals surface area contributed by atoms with Gasteiger partial charge in [-0.25, -0.2) is 0 Å². The van der Waals surface area contributed by atoms with Gasteiger partial charge < -0.3 is 14.8 Å². The Morgan fingerprint density at radius 2 is 1.94 bits per heavy atom. The molecule has 1 amide bonds. The van der Waals surface area contributed by atoms with E-state index < -0.39 is 0 Å². The topological polar surface area (TPSA) is 50.8 Å². The summed E-state index contributed by atoms with van der Waals surface area (Å²) in [7, 11) is 3.29. The summed E-state index contributed by atoms with van der Waals surface area (Å²) in [6, 6.07) is 13.7. The van der Waals surface area contributed by atoms with Crippen molar-refractivity contribution >= 4 is 5.91 Å². The van der Waals surface area contributed by atoms with Crippen LogP contribution in [0.3, 0.4) is 0 Å². The number of methoxy groups -OCH3 is 2. The molecule has 36 heavy (non-hydrogen) atoms. The van der Waals surface area contributed by atoms with Crippen LogP contribution in [0.4, 0.5) is 0 Å². The third-order valence-electron chi connectivity index (χ3n) is 9.90. The molecule has 2 unspecified atom stereocenters. The van der Waals surface area contributed by atoms with Gasteiger partial charge in [-0.15, -0.1) is 0 Å². The van der Waals surface area contributed by atoms with Crippen molar-refractivity contribution in [3.8, 4) is 11.5 Å². The Balaban J connectivity index is 1.25. The Morgan fingerprint density at radius 1 is 1.08 bits per heavy atom. The second-order valence-electron chi connectivity index (χ2n) is 11.6. The highest BCUT2D eigenvalue weighted by Crippen LogP contribution is 2.57. The number of amides is 1. The van der Waals surface area contributed by atoms with Crippen LogP contribution in [0.2, 0.25) is 0 Å². The van der Waals surface area contributed by atoms with E-state index in [0.29, 0.717) is 12.6 Å². The maximum absolute atomic E-state index is 13.3. The highest BCUT2D eigenvalue weighted by Gasteiger charge is 2.55. The number of nitrogens with one attached hydrogen (secondary N) is 1. The number of piperidine rings is 1. The molecule has 1 aliphatic heterocycles. The van der Waals surface area contributed by atoms with Crippen LogP contribution in [0.5, 0.6) is 11.5 Å². The summed E-state index contributed by atoms with van der Waals surface area (Å²) in [5.74, 6) is 3.10. The summed E-state index contributed by atoms with van der Waals surface area (Å²) in [5, 5.41) is 3.13. The average Bonchev–Trinajstić information content (AvgIpc) is 3.77. The van der Waals surface area contributed by atoms with E-state index in [0.717, 1.165) is 46.9 Å².